The van der Waals surface area contributed by atoms with Crippen molar-refractivity contribution in [1.29, 1.82) is 0 Å². The summed E-state index contributed by atoms with van der Waals surface area (Å²) in [5, 5.41) is 13.0. The molecule has 2 aromatic rings. The molecule has 0 saturated heterocycles. The molecule has 0 radical (unpaired) electrons. The minimum atomic E-state index is 0.643. The average Bonchev–Trinajstić information content (AvgIpc) is 3.18. The van der Waals surface area contributed by atoms with Crippen molar-refractivity contribution in [3.05, 3.63) is 36.2 Å². The van der Waals surface area contributed by atoms with Gasteiger partial charge in [-0.2, -0.15) is 16.4 Å². The van der Waals surface area contributed by atoms with E-state index in [1.807, 2.05) is 35.0 Å². The van der Waals surface area contributed by atoms with Gasteiger partial charge in [0.05, 0.1) is 12.2 Å². The van der Waals surface area contributed by atoms with Crippen molar-refractivity contribution in [2.75, 3.05) is 12.8 Å². The number of rotatable bonds is 6. The van der Waals surface area contributed by atoms with Gasteiger partial charge in [0.1, 0.15) is 0 Å². The molecule has 1 aromatic carbocycles. The van der Waals surface area contributed by atoms with E-state index < -0.39 is 0 Å². The fourth-order valence-electron chi connectivity index (χ4n) is 3.13. The molecule has 0 amide bonds. The number of thioether (sulfide) groups is 1. The Labute approximate surface area is 136 Å². The number of aromatic nitrogens is 4. The zero-order valence-electron chi connectivity index (χ0n) is 13.2. The minimum absolute atomic E-state index is 0.643. The zero-order chi connectivity index (χ0) is 15.4. The number of hydrogen-bond acceptors (Lipinski definition) is 5. The van der Waals surface area contributed by atoms with E-state index in [4.69, 9.17) is 0 Å². The Morgan fingerprint density at radius 3 is 2.86 bits per heavy atom. The lowest BCUT2D eigenvalue weighted by molar-refractivity contribution is 0.230. The molecule has 1 fully saturated rings. The molecular formula is C16H23N5S. The number of tetrazole rings is 1. The van der Waals surface area contributed by atoms with Crippen molar-refractivity contribution in [2.45, 2.75) is 44.0 Å². The van der Waals surface area contributed by atoms with E-state index in [0.717, 1.165) is 23.3 Å². The number of nitrogens with zero attached hydrogens (tertiary/aromatic N) is 5. The SMILES string of the molecule is CCS[C@@H]1CC[C@@H](N(C)Cc2nnnn2-c2ccccc2)C1. The quantitative estimate of drug-likeness (QED) is 0.820. The Balaban J connectivity index is 1.66. The van der Waals surface area contributed by atoms with Crippen LogP contribution in [0.15, 0.2) is 30.3 Å². The molecule has 118 valence electrons. The van der Waals surface area contributed by atoms with Gasteiger partial charge in [0.2, 0.25) is 0 Å². The maximum absolute atomic E-state index is 4.21. The molecule has 22 heavy (non-hydrogen) atoms. The number of para-hydroxylation sites is 1. The lowest BCUT2D eigenvalue weighted by atomic mass is 10.2. The Kier molecular flexibility index (Phi) is 5.10. The van der Waals surface area contributed by atoms with Crippen LogP contribution < -0.4 is 0 Å². The van der Waals surface area contributed by atoms with Crippen LogP contribution in [0.3, 0.4) is 0 Å². The molecule has 5 nitrogen and oxygen atoms in total. The van der Waals surface area contributed by atoms with E-state index in [2.05, 4.69) is 46.2 Å². The van der Waals surface area contributed by atoms with Gasteiger partial charge < -0.3 is 0 Å². The molecular weight excluding hydrogens is 294 g/mol. The molecule has 0 N–H and O–H groups in total. The summed E-state index contributed by atoms with van der Waals surface area (Å²) in [4.78, 5) is 2.40. The van der Waals surface area contributed by atoms with Crippen LogP contribution in [-0.4, -0.2) is 49.2 Å². The van der Waals surface area contributed by atoms with Gasteiger partial charge in [-0.05, 0) is 54.6 Å². The summed E-state index contributed by atoms with van der Waals surface area (Å²) in [5.74, 6) is 2.12. The highest BCUT2D eigenvalue weighted by atomic mass is 32.2. The van der Waals surface area contributed by atoms with Gasteiger partial charge in [-0.15, -0.1) is 5.10 Å². The van der Waals surface area contributed by atoms with Gasteiger partial charge in [0, 0.05) is 11.3 Å². The molecule has 1 heterocycles. The Morgan fingerprint density at radius 2 is 2.09 bits per heavy atom. The van der Waals surface area contributed by atoms with Crippen molar-refractivity contribution in [3.8, 4) is 5.69 Å². The van der Waals surface area contributed by atoms with E-state index in [0.29, 0.717) is 6.04 Å². The lowest BCUT2D eigenvalue weighted by Gasteiger charge is -2.23. The van der Waals surface area contributed by atoms with Crippen LogP contribution >= 0.6 is 11.8 Å². The first-order valence-corrected chi connectivity index (χ1v) is 8.97. The summed E-state index contributed by atoms with van der Waals surface area (Å²) in [7, 11) is 2.19. The van der Waals surface area contributed by atoms with E-state index >= 15 is 0 Å². The van der Waals surface area contributed by atoms with Crippen molar-refractivity contribution in [1.82, 2.24) is 25.1 Å². The van der Waals surface area contributed by atoms with E-state index in [9.17, 15) is 0 Å². The molecule has 0 unspecified atom stereocenters. The largest absolute Gasteiger partial charge is 0.296 e. The summed E-state index contributed by atoms with van der Waals surface area (Å²) in [5.41, 5.74) is 1.02. The Hall–Kier alpha value is -1.40. The predicted molar refractivity (Wildman–Crippen MR) is 90.2 cm³/mol. The first-order chi connectivity index (χ1) is 10.8. The molecule has 2 atom stereocenters. The Morgan fingerprint density at radius 1 is 1.27 bits per heavy atom. The topological polar surface area (TPSA) is 46.8 Å². The molecule has 3 rings (SSSR count). The van der Waals surface area contributed by atoms with Gasteiger partial charge in [-0.25, -0.2) is 0 Å². The molecule has 1 aliphatic carbocycles. The van der Waals surface area contributed by atoms with Crippen molar-refractivity contribution in [2.24, 2.45) is 0 Å². The fraction of sp³-hybridized carbons (Fsp3) is 0.562. The third-order valence-electron chi connectivity index (χ3n) is 4.31. The van der Waals surface area contributed by atoms with E-state index in [1.54, 1.807) is 0 Å². The first-order valence-electron chi connectivity index (χ1n) is 7.92. The molecule has 0 bridgehead atoms. The van der Waals surface area contributed by atoms with Crippen molar-refractivity contribution >= 4 is 11.8 Å². The smallest absolute Gasteiger partial charge is 0.170 e. The standard InChI is InChI=1S/C16H23N5S/c1-3-22-15-10-9-14(11-15)20(2)12-16-17-18-19-21(16)13-7-5-4-6-8-13/h4-8,14-15H,3,9-12H2,1-2H3/t14-,15-/m1/s1. The van der Waals surface area contributed by atoms with Gasteiger partial charge in [-0.3, -0.25) is 4.90 Å². The third kappa shape index (κ3) is 3.50. The van der Waals surface area contributed by atoms with Gasteiger partial charge in [-0.1, -0.05) is 25.1 Å². The summed E-state index contributed by atoms with van der Waals surface area (Å²) >= 11 is 2.10. The first kappa shape index (κ1) is 15.5. The van der Waals surface area contributed by atoms with Gasteiger partial charge in [0.15, 0.2) is 5.82 Å². The van der Waals surface area contributed by atoms with Crippen molar-refractivity contribution < 1.29 is 0 Å². The maximum atomic E-state index is 4.21. The summed E-state index contributed by atoms with van der Waals surface area (Å²) in [6.45, 7) is 3.03. The highest BCUT2D eigenvalue weighted by molar-refractivity contribution is 7.99. The summed E-state index contributed by atoms with van der Waals surface area (Å²) in [6.07, 6.45) is 3.89. The normalized spacial score (nSPS) is 21.6. The summed E-state index contributed by atoms with van der Waals surface area (Å²) in [6, 6.07) is 10.7. The maximum Gasteiger partial charge on any atom is 0.170 e. The monoisotopic (exact) mass is 317 g/mol. The van der Waals surface area contributed by atoms with E-state index in [1.165, 1.54) is 25.0 Å². The molecule has 0 aliphatic heterocycles. The van der Waals surface area contributed by atoms with Crippen LogP contribution in [0.25, 0.3) is 5.69 Å². The number of benzene rings is 1. The molecule has 1 aromatic heterocycles. The van der Waals surface area contributed by atoms with Crippen LogP contribution in [0, 0.1) is 0 Å². The molecule has 6 heteroatoms. The van der Waals surface area contributed by atoms with E-state index in [-0.39, 0.29) is 0 Å². The van der Waals surface area contributed by atoms with Crippen LogP contribution in [0.4, 0.5) is 0 Å². The van der Waals surface area contributed by atoms with Crippen LogP contribution in [0.1, 0.15) is 32.0 Å². The second-order valence-corrected chi connectivity index (χ2v) is 7.38. The van der Waals surface area contributed by atoms with Crippen molar-refractivity contribution in [3.63, 3.8) is 0 Å². The minimum Gasteiger partial charge on any atom is -0.296 e. The van der Waals surface area contributed by atoms with Crippen LogP contribution in [-0.2, 0) is 6.54 Å². The second kappa shape index (κ2) is 7.24. The highest BCUT2D eigenvalue weighted by Gasteiger charge is 2.28. The average molecular weight is 317 g/mol. The zero-order valence-corrected chi connectivity index (χ0v) is 14.0. The highest BCUT2D eigenvalue weighted by Crippen LogP contribution is 2.32. The van der Waals surface area contributed by atoms with Crippen LogP contribution in [0.5, 0.6) is 0 Å². The van der Waals surface area contributed by atoms with Gasteiger partial charge >= 0.3 is 0 Å². The Bertz CT molecular complexity index is 585. The molecule has 1 saturated carbocycles. The predicted octanol–water partition coefficient (Wildman–Crippen LogP) is 2.77. The second-order valence-electron chi connectivity index (χ2n) is 5.80. The van der Waals surface area contributed by atoms with Gasteiger partial charge in [0.25, 0.3) is 0 Å². The third-order valence-corrected chi connectivity index (χ3v) is 5.54. The van der Waals surface area contributed by atoms with Crippen LogP contribution in [0.2, 0.25) is 0 Å². The number of hydrogen-bond donors (Lipinski definition) is 0. The molecule has 1 aliphatic rings. The lowest BCUT2D eigenvalue weighted by Crippen LogP contribution is -2.30. The fourth-order valence-corrected chi connectivity index (χ4v) is 4.26. The molecule has 0 spiro atoms. The summed E-state index contributed by atoms with van der Waals surface area (Å²) < 4.78 is 1.84.